The van der Waals surface area contributed by atoms with Crippen molar-refractivity contribution < 1.29 is 28.4 Å². The summed E-state index contributed by atoms with van der Waals surface area (Å²) in [6, 6.07) is 5.26. The number of likely N-dealkylation sites (N-methyl/N-ethyl adjacent to an activating group) is 1. The third kappa shape index (κ3) is 4.53. The fraction of sp³-hybridized carbons (Fsp3) is 0.346. The molecular weight excluding hydrogens is 464 g/mol. The van der Waals surface area contributed by atoms with Crippen LogP contribution in [0.15, 0.2) is 41.3 Å². The van der Waals surface area contributed by atoms with Crippen molar-refractivity contribution in [1.82, 2.24) is 20.4 Å². The van der Waals surface area contributed by atoms with Gasteiger partial charge in [0.05, 0.1) is 0 Å². The molecule has 2 aromatic rings. The van der Waals surface area contributed by atoms with E-state index in [4.69, 9.17) is 4.42 Å². The van der Waals surface area contributed by atoms with E-state index in [2.05, 4.69) is 17.2 Å². The molecule has 1 fully saturated rings. The van der Waals surface area contributed by atoms with Crippen LogP contribution in [0.4, 0.5) is 0 Å². The lowest BCUT2D eigenvalue weighted by Gasteiger charge is -2.30. The number of furan rings is 1. The number of hydrogen-bond donors (Lipinski definition) is 2. The largest absolute Gasteiger partial charge is 0.466 e. The molecule has 1 saturated heterocycles. The van der Waals surface area contributed by atoms with Gasteiger partial charge in [0.25, 0.3) is 5.91 Å². The molecule has 36 heavy (non-hydrogen) atoms. The number of nitrogens with zero attached hydrogens (tertiary/aromatic N) is 2. The van der Waals surface area contributed by atoms with E-state index in [1.165, 1.54) is 16.8 Å². The summed E-state index contributed by atoms with van der Waals surface area (Å²) in [5.74, 6) is -0.775. The molecule has 0 radical (unpaired) electrons. The summed E-state index contributed by atoms with van der Waals surface area (Å²) in [6.45, 7) is 7.38. The van der Waals surface area contributed by atoms with E-state index in [9.17, 15) is 24.0 Å². The van der Waals surface area contributed by atoms with Crippen molar-refractivity contribution >= 4 is 29.5 Å². The third-order valence-corrected chi connectivity index (χ3v) is 6.58. The summed E-state index contributed by atoms with van der Waals surface area (Å²) < 4.78 is 5.62. The van der Waals surface area contributed by atoms with Crippen LogP contribution in [-0.4, -0.2) is 52.4 Å². The summed E-state index contributed by atoms with van der Waals surface area (Å²) in [7, 11) is 1.50. The molecule has 5 amide bonds. The topological polar surface area (TPSA) is 129 Å². The van der Waals surface area contributed by atoms with Crippen LogP contribution < -0.4 is 10.6 Å². The molecule has 1 aromatic heterocycles. The minimum Gasteiger partial charge on any atom is -0.466 e. The predicted molar refractivity (Wildman–Crippen MR) is 128 cm³/mol. The second kappa shape index (κ2) is 9.80. The number of piperidine rings is 1. The first-order valence-corrected chi connectivity index (χ1v) is 11.6. The molecule has 0 bridgehead atoms. The molecule has 0 aliphatic carbocycles. The van der Waals surface area contributed by atoms with Gasteiger partial charge in [0.2, 0.25) is 23.6 Å². The molecule has 2 aliphatic heterocycles. The summed E-state index contributed by atoms with van der Waals surface area (Å²) in [4.78, 5) is 65.6. The van der Waals surface area contributed by atoms with Gasteiger partial charge in [-0.1, -0.05) is 18.7 Å². The van der Waals surface area contributed by atoms with Crippen molar-refractivity contribution in [2.45, 2.75) is 51.9 Å². The Morgan fingerprint density at radius 2 is 2.03 bits per heavy atom. The predicted octanol–water partition coefficient (Wildman–Crippen LogP) is 1.66. The molecule has 188 valence electrons. The normalized spacial score (nSPS) is 17.9. The summed E-state index contributed by atoms with van der Waals surface area (Å²) in [5.41, 5.74) is 2.45. The molecule has 10 nitrogen and oxygen atoms in total. The summed E-state index contributed by atoms with van der Waals surface area (Å²) in [5, 5.41) is 4.91. The van der Waals surface area contributed by atoms with E-state index < -0.39 is 23.9 Å². The number of fused-ring (bicyclic) bond motifs is 1. The zero-order valence-electron chi connectivity index (χ0n) is 20.4. The van der Waals surface area contributed by atoms with Crippen LogP contribution in [0.5, 0.6) is 0 Å². The first-order valence-electron chi connectivity index (χ1n) is 11.6. The highest BCUT2D eigenvalue weighted by atomic mass is 16.3. The zero-order valence-corrected chi connectivity index (χ0v) is 20.4. The Bertz CT molecular complexity index is 1280. The SMILES string of the molecule is C=CC(=O)N(Cc1ccc2c(c1)CN(C1CCC(=O)NC1=O)C2=O)C(C(=O)NC)c1cc(C)oc1C. The Morgan fingerprint density at radius 3 is 2.64 bits per heavy atom. The average molecular weight is 493 g/mol. The molecule has 0 spiro atoms. The summed E-state index contributed by atoms with van der Waals surface area (Å²) >= 11 is 0. The molecule has 0 saturated carbocycles. The maximum absolute atomic E-state index is 13.0. The fourth-order valence-corrected chi connectivity index (χ4v) is 4.85. The van der Waals surface area contributed by atoms with Gasteiger partial charge in [0.15, 0.2) is 0 Å². The lowest BCUT2D eigenvalue weighted by molar-refractivity contribution is -0.137. The third-order valence-electron chi connectivity index (χ3n) is 6.58. The number of benzene rings is 1. The average Bonchev–Trinajstić information content (AvgIpc) is 3.35. The van der Waals surface area contributed by atoms with Gasteiger partial charge < -0.3 is 19.5 Å². The molecule has 2 atom stereocenters. The van der Waals surface area contributed by atoms with Crippen LogP contribution in [0.3, 0.4) is 0 Å². The van der Waals surface area contributed by atoms with E-state index >= 15 is 0 Å². The van der Waals surface area contributed by atoms with Gasteiger partial charge in [-0.05, 0) is 49.6 Å². The van der Waals surface area contributed by atoms with E-state index in [1.807, 2.05) is 0 Å². The summed E-state index contributed by atoms with van der Waals surface area (Å²) in [6.07, 6.45) is 1.60. The highest BCUT2D eigenvalue weighted by Gasteiger charge is 2.39. The van der Waals surface area contributed by atoms with E-state index in [-0.39, 0.29) is 43.7 Å². The number of imide groups is 1. The Labute approximate surface area is 208 Å². The molecule has 2 unspecified atom stereocenters. The number of nitrogens with one attached hydrogen (secondary N) is 2. The molecule has 2 N–H and O–H groups in total. The van der Waals surface area contributed by atoms with Crippen LogP contribution in [0, 0.1) is 13.8 Å². The standard InChI is InChI=1S/C26H28N4O6/c1-5-22(32)30(23(25(34)27-4)19-10-14(2)36-15(19)3)12-16-6-7-18-17(11-16)13-29(26(18)35)20-8-9-21(31)28-24(20)33/h5-7,10-11,20,23H,1,8-9,12-13H2,2-4H3,(H,27,34)(H,28,31,33). The lowest BCUT2D eigenvalue weighted by atomic mass is 10.0. The van der Waals surface area contributed by atoms with Crippen LogP contribution in [-0.2, 0) is 32.3 Å². The second-order valence-electron chi connectivity index (χ2n) is 8.95. The maximum atomic E-state index is 13.0. The zero-order chi connectivity index (χ0) is 26.1. The van der Waals surface area contributed by atoms with Crippen molar-refractivity contribution in [2.75, 3.05) is 7.05 Å². The minimum atomic E-state index is -0.951. The van der Waals surface area contributed by atoms with Crippen LogP contribution in [0.25, 0.3) is 0 Å². The Morgan fingerprint density at radius 1 is 1.28 bits per heavy atom. The second-order valence-corrected chi connectivity index (χ2v) is 8.95. The highest BCUT2D eigenvalue weighted by molar-refractivity contribution is 6.05. The highest BCUT2D eigenvalue weighted by Crippen LogP contribution is 2.31. The van der Waals surface area contributed by atoms with Crippen molar-refractivity contribution in [3.05, 3.63) is 70.7 Å². The first kappa shape index (κ1) is 24.9. The molecule has 10 heteroatoms. The van der Waals surface area contributed by atoms with Crippen molar-refractivity contribution in [1.29, 1.82) is 0 Å². The molecule has 1 aromatic carbocycles. The van der Waals surface area contributed by atoms with Gasteiger partial charge >= 0.3 is 0 Å². The van der Waals surface area contributed by atoms with Gasteiger partial charge in [-0.25, -0.2) is 0 Å². The Balaban J connectivity index is 1.63. The first-order chi connectivity index (χ1) is 17.1. The quantitative estimate of drug-likeness (QED) is 0.447. The van der Waals surface area contributed by atoms with Crippen molar-refractivity contribution in [3.63, 3.8) is 0 Å². The van der Waals surface area contributed by atoms with Crippen LogP contribution >= 0.6 is 0 Å². The number of carbonyl (C=O) groups is 5. The number of hydrogen-bond acceptors (Lipinski definition) is 6. The van der Waals surface area contributed by atoms with E-state index in [0.29, 0.717) is 33.8 Å². The maximum Gasteiger partial charge on any atom is 0.255 e. The van der Waals surface area contributed by atoms with Crippen molar-refractivity contribution in [3.8, 4) is 0 Å². The molecule has 3 heterocycles. The van der Waals surface area contributed by atoms with Gasteiger partial charge in [0, 0.05) is 37.7 Å². The van der Waals surface area contributed by atoms with Crippen LogP contribution in [0.1, 0.15) is 57.5 Å². The van der Waals surface area contributed by atoms with Gasteiger partial charge in [-0.3, -0.25) is 29.3 Å². The Hall–Kier alpha value is -4.21. The molecular formula is C26H28N4O6. The van der Waals surface area contributed by atoms with E-state index in [1.54, 1.807) is 38.1 Å². The number of rotatable bonds is 7. The number of carbonyl (C=O) groups excluding carboxylic acids is 5. The molecule has 2 aliphatic rings. The Kier molecular flexibility index (Phi) is 6.78. The van der Waals surface area contributed by atoms with Gasteiger partial charge in [-0.15, -0.1) is 0 Å². The minimum absolute atomic E-state index is 0.0759. The molecule has 4 rings (SSSR count). The van der Waals surface area contributed by atoms with Gasteiger partial charge in [0.1, 0.15) is 23.6 Å². The van der Waals surface area contributed by atoms with Crippen molar-refractivity contribution in [2.24, 2.45) is 0 Å². The smallest absolute Gasteiger partial charge is 0.255 e. The lowest BCUT2D eigenvalue weighted by Crippen LogP contribution is -2.52. The van der Waals surface area contributed by atoms with E-state index in [0.717, 1.165) is 6.08 Å². The van der Waals surface area contributed by atoms with Gasteiger partial charge in [-0.2, -0.15) is 0 Å². The number of amides is 5. The monoisotopic (exact) mass is 492 g/mol. The number of aryl methyl sites for hydroxylation is 2. The van der Waals surface area contributed by atoms with Crippen LogP contribution in [0.2, 0.25) is 0 Å². The fourth-order valence-electron chi connectivity index (χ4n) is 4.85.